The van der Waals surface area contributed by atoms with Gasteiger partial charge in [0.15, 0.2) is 0 Å². The van der Waals surface area contributed by atoms with Crippen molar-refractivity contribution in [2.24, 2.45) is 0 Å². The molecule has 0 N–H and O–H groups in total. The van der Waals surface area contributed by atoms with Crippen molar-refractivity contribution in [1.82, 2.24) is 10.2 Å². The predicted octanol–water partition coefficient (Wildman–Crippen LogP) is 3.53. The highest BCUT2D eigenvalue weighted by molar-refractivity contribution is 7.14. The molecule has 2 rings (SSSR count). The van der Waals surface area contributed by atoms with Crippen LogP contribution in [0.5, 0.6) is 10.9 Å². The van der Waals surface area contributed by atoms with Crippen LogP contribution in [0.4, 0.5) is 13.2 Å². The third-order valence-electron chi connectivity index (χ3n) is 2.25. The molecular weight excluding hydrogens is 309 g/mol. The number of esters is 1. The van der Waals surface area contributed by atoms with E-state index in [1.807, 2.05) is 0 Å². The van der Waals surface area contributed by atoms with Crippen LogP contribution in [0.15, 0.2) is 24.3 Å². The number of halogens is 3. The topological polar surface area (TPSA) is 61.3 Å². The molecule has 5 nitrogen and oxygen atoms in total. The first-order valence-electron chi connectivity index (χ1n) is 5.76. The summed E-state index contributed by atoms with van der Waals surface area (Å²) in [5, 5.41) is 6.77. The lowest BCUT2D eigenvalue weighted by Crippen LogP contribution is -2.06. The molecule has 0 saturated carbocycles. The highest BCUT2D eigenvalue weighted by Crippen LogP contribution is 2.38. The van der Waals surface area contributed by atoms with E-state index in [9.17, 15) is 18.0 Å². The molecule has 2 aromatic rings. The molecule has 0 amide bonds. The number of para-hydroxylation sites is 1. The van der Waals surface area contributed by atoms with E-state index < -0.39 is 23.5 Å². The standard InChI is InChI=1S/C12H9F3N2O3S/c1-2-19-10(18)9-16-17-11(21-9)20-8-6-4-3-5-7(8)12(13,14)15/h3-6H,2H2,1H3. The highest BCUT2D eigenvalue weighted by atomic mass is 32.1. The van der Waals surface area contributed by atoms with Gasteiger partial charge in [0.25, 0.3) is 5.19 Å². The monoisotopic (exact) mass is 318 g/mol. The smallest absolute Gasteiger partial charge is 0.419 e. The predicted molar refractivity (Wildman–Crippen MR) is 67.4 cm³/mol. The first-order valence-corrected chi connectivity index (χ1v) is 6.58. The summed E-state index contributed by atoms with van der Waals surface area (Å²) < 4.78 is 48.2. The van der Waals surface area contributed by atoms with Gasteiger partial charge in [-0.1, -0.05) is 17.2 Å². The van der Waals surface area contributed by atoms with Crippen LogP contribution in [0.1, 0.15) is 22.3 Å². The first-order chi connectivity index (χ1) is 9.91. The number of rotatable bonds is 4. The number of benzene rings is 1. The number of ether oxygens (including phenoxy) is 2. The average molecular weight is 318 g/mol. The molecule has 0 aliphatic rings. The van der Waals surface area contributed by atoms with Crippen molar-refractivity contribution in [3.63, 3.8) is 0 Å². The molecule has 0 fully saturated rings. The minimum absolute atomic E-state index is 0.0867. The Hall–Kier alpha value is -2.16. The largest absolute Gasteiger partial charge is 0.461 e. The van der Waals surface area contributed by atoms with Crippen molar-refractivity contribution in [2.75, 3.05) is 6.61 Å². The van der Waals surface area contributed by atoms with Crippen LogP contribution in [0.2, 0.25) is 0 Å². The van der Waals surface area contributed by atoms with Gasteiger partial charge in [-0.05, 0) is 30.4 Å². The Morgan fingerprint density at radius 1 is 1.29 bits per heavy atom. The Morgan fingerprint density at radius 3 is 2.67 bits per heavy atom. The fraction of sp³-hybridized carbons (Fsp3) is 0.250. The van der Waals surface area contributed by atoms with Crippen LogP contribution in [-0.2, 0) is 10.9 Å². The third-order valence-corrected chi connectivity index (χ3v) is 3.03. The number of hydrogen-bond acceptors (Lipinski definition) is 6. The van der Waals surface area contributed by atoms with E-state index in [1.54, 1.807) is 6.92 Å². The van der Waals surface area contributed by atoms with E-state index >= 15 is 0 Å². The molecule has 112 valence electrons. The molecular formula is C12H9F3N2O3S. The van der Waals surface area contributed by atoms with Gasteiger partial charge in [-0.25, -0.2) is 4.79 Å². The van der Waals surface area contributed by atoms with Crippen LogP contribution in [-0.4, -0.2) is 22.8 Å². The van der Waals surface area contributed by atoms with E-state index in [0.29, 0.717) is 11.3 Å². The number of alkyl halides is 3. The molecule has 0 unspecified atom stereocenters. The zero-order valence-corrected chi connectivity index (χ0v) is 11.5. The second-order valence-corrected chi connectivity index (χ2v) is 4.63. The van der Waals surface area contributed by atoms with E-state index in [2.05, 4.69) is 10.2 Å². The molecule has 1 aromatic heterocycles. The van der Waals surface area contributed by atoms with Gasteiger partial charge in [0.05, 0.1) is 12.2 Å². The summed E-state index contributed by atoms with van der Waals surface area (Å²) >= 11 is 0.709. The van der Waals surface area contributed by atoms with Crippen molar-refractivity contribution >= 4 is 17.3 Å². The van der Waals surface area contributed by atoms with Gasteiger partial charge in [-0.15, -0.1) is 5.10 Å². The van der Waals surface area contributed by atoms with Crippen molar-refractivity contribution < 1.29 is 27.4 Å². The summed E-state index contributed by atoms with van der Waals surface area (Å²) in [6.07, 6.45) is -4.55. The quantitative estimate of drug-likeness (QED) is 0.807. The molecule has 0 aliphatic heterocycles. The summed E-state index contributed by atoms with van der Waals surface area (Å²) in [5.41, 5.74) is -0.933. The molecule has 0 bridgehead atoms. The molecule has 9 heteroatoms. The van der Waals surface area contributed by atoms with Crippen molar-refractivity contribution in [3.05, 3.63) is 34.8 Å². The molecule has 0 saturated heterocycles. The lowest BCUT2D eigenvalue weighted by molar-refractivity contribution is -0.138. The van der Waals surface area contributed by atoms with Gasteiger partial charge in [-0.3, -0.25) is 0 Å². The summed E-state index contributed by atoms with van der Waals surface area (Å²) in [4.78, 5) is 11.4. The highest BCUT2D eigenvalue weighted by Gasteiger charge is 2.34. The van der Waals surface area contributed by atoms with E-state index in [4.69, 9.17) is 9.47 Å². The van der Waals surface area contributed by atoms with E-state index in [0.717, 1.165) is 12.1 Å². The van der Waals surface area contributed by atoms with Gasteiger partial charge in [0, 0.05) is 0 Å². The van der Waals surface area contributed by atoms with Gasteiger partial charge < -0.3 is 9.47 Å². The fourth-order valence-electron chi connectivity index (χ4n) is 1.41. The Kier molecular flexibility index (Phi) is 4.41. The van der Waals surface area contributed by atoms with Crippen molar-refractivity contribution in [3.8, 4) is 10.9 Å². The van der Waals surface area contributed by atoms with Crippen LogP contribution in [0.25, 0.3) is 0 Å². The summed E-state index contributed by atoms with van der Waals surface area (Å²) in [6, 6.07) is 4.70. The number of nitrogens with zero attached hydrogens (tertiary/aromatic N) is 2. The average Bonchev–Trinajstić information content (AvgIpc) is 2.87. The van der Waals surface area contributed by atoms with Gasteiger partial charge in [-0.2, -0.15) is 13.2 Å². The van der Waals surface area contributed by atoms with Crippen LogP contribution in [0.3, 0.4) is 0 Å². The summed E-state index contributed by atoms with van der Waals surface area (Å²) in [7, 11) is 0. The molecule has 0 radical (unpaired) electrons. The first kappa shape index (κ1) is 15.2. The number of hydrogen-bond donors (Lipinski definition) is 0. The number of aromatic nitrogens is 2. The Bertz CT molecular complexity index is 643. The van der Waals surface area contributed by atoms with Crippen LogP contribution in [0, 0.1) is 0 Å². The molecule has 21 heavy (non-hydrogen) atoms. The maximum absolute atomic E-state index is 12.8. The SMILES string of the molecule is CCOC(=O)c1nnc(Oc2ccccc2C(F)(F)F)s1. The third kappa shape index (κ3) is 3.69. The summed E-state index contributed by atoms with van der Waals surface area (Å²) in [5.74, 6) is -1.11. The Balaban J connectivity index is 2.22. The Labute approximate surface area is 121 Å². The second-order valence-electron chi connectivity index (χ2n) is 3.69. The lowest BCUT2D eigenvalue weighted by Gasteiger charge is -2.11. The van der Waals surface area contributed by atoms with E-state index in [1.165, 1.54) is 12.1 Å². The van der Waals surface area contributed by atoms with Crippen molar-refractivity contribution in [1.29, 1.82) is 0 Å². The molecule has 0 atom stereocenters. The second kappa shape index (κ2) is 6.08. The number of carbonyl (C=O) groups is 1. The Morgan fingerprint density at radius 2 is 2.00 bits per heavy atom. The van der Waals surface area contributed by atoms with Crippen molar-refractivity contribution in [2.45, 2.75) is 13.1 Å². The van der Waals surface area contributed by atoms with Gasteiger partial charge >= 0.3 is 12.1 Å². The molecule has 1 heterocycles. The minimum Gasteiger partial charge on any atom is -0.461 e. The number of carbonyl (C=O) groups excluding carboxylic acids is 1. The normalized spacial score (nSPS) is 11.2. The molecule has 0 spiro atoms. The van der Waals surface area contributed by atoms with Crippen LogP contribution >= 0.6 is 11.3 Å². The maximum atomic E-state index is 12.8. The van der Waals surface area contributed by atoms with Gasteiger partial charge in [0.1, 0.15) is 5.75 Å². The van der Waals surface area contributed by atoms with Crippen LogP contribution < -0.4 is 4.74 Å². The maximum Gasteiger partial charge on any atom is 0.419 e. The zero-order chi connectivity index (χ0) is 15.5. The lowest BCUT2D eigenvalue weighted by atomic mass is 10.2. The molecule has 0 aliphatic carbocycles. The fourth-order valence-corrected chi connectivity index (χ4v) is 2.01. The van der Waals surface area contributed by atoms with E-state index in [-0.39, 0.29) is 16.8 Å². The zero-order valence-electron chi connectivity index (χ0n) is 10.7. The minimum atomic E-state index is -4.55. The van der Waals surface area contributed by atoms with Gasteiger partial charge in [0.2, 0.25) is 5.01 Å². The summed E-state index contributed by atoms with van der Waals surface area (Å²) in [6.45, 7) is 1.78. The molecule has 1 aromatic carbocycles.